The number of likely N-dealkylation sites (N-methyl/N-ethyl adjacent to an activating group) is 1. The van der Waals surface area contributed by atoms with E-state index in [1.165, 1.54) is 17.0 Å². The van der Waals surface area contributed by atoms with E-state index in [0.29, 0.717) is 42.1 Å². The fourth-order valence-corrected chi connectivity index (χ4v) is 6.93. The van der Waals surface area contributed by atoms with Gasteiger partial charge in [0.05, 0.1) is 21.6 Å². The number of hydrogen-bond acceptors (Lipinski definition) is 4. The third-order valence-corrected chi connectivity index (χ3v) is 9.55. The van der Waals surface area contributed by atoms with E-state index in [-0.39, 0.29) is 35.3 Å². The predicted molar refractivity (Wildman–Crippen MR) is 178 cm³/mol. The third kappa shape index (κ3) is 7.09. The van der Waals surface area contributed by atoms with E-state index in [9.17, 15) is 23.9 Å². The van der Waals surface area contributed by atoms with Gasteiger partial charge in [0.2, 0.25) is 11.8 Å². The number of nitrogens with two attached hydrogens (primary N) is 1. The van der Waals surface area contributed by atoms with E-state index in [0.717, 1.165) is 16.2 Å². The predicted octanol–water partition coefficient (Wildman–Crippen LogP) is 5.81. The molecule has 1 heterocycles. The van der Waals surface area contributed by atoms with Gasteiger partial charge in [0.1, 0.15) is 17.4 Å². The second-order valence-electron chi connectivity index (χ2n) is 12.0. The van der Waals surface area contributed by atoms with Gasteiger partial charge in [-0.2, -0.15) is 0 Å². The van der Waals surface area contributed by atoms with Crippen LogP contribution in [-0.2, 0) is 29.0 Å². The molecule has 0 bridgehead atoms. The average Bonchev–Trinajstić information content (AvgIpc) is 3.36. The summed E-state index contributed by atoms with van der Waals surface area (Å²) < 4.78 is 14.6. The quantitative estimate of drug-likeness (QED) is 0.182. The molecule has 12 heteroatoms. The summed E-state index contributed by atoms with van der Waals surface area (Å²) in [4.78, 5) is 47.7. The molecule has 1 aliphatic rings. The van der Waals surface area contributed by atoms with Crippen LogP contribution in [0.3, 0.4) is 0 Å². The van der Waals surface area contributed by atoms with E-state index in [1.807, 2.05) is 39.0 Å². The number of fused-ring (bicyclic) bond motifs is 3. The first-order valence-corrected chi connectivity index (χ1v) is 16.0. The molecule has 5 N–H and O–H groups in total. The highest BCUT2D eigenvalue weighted by Gasteiger charge is 2.48. The van der Waals surface area contributed by atoms with Gasteiger partial charge in [0, 0.05) is 31.1 Å². The van der Waals surface area contributed by atoms with Crippen molar-refractivity contribution in [2.24, 2.45) is 11.7 Å². The van der Waals surface area contributed by atoms with Crippen molar-refractivity contribution in [2.75, 3.05) is 7.05 Å². The fourth-order valence-electron chi connectivity index (χ4n) is 6.40. The number of H-pyrrole nitrogens is 1. The number of benzene rings is 2. The smallest absolute Gasteiger partial charge is 0.408 e. The van der Waals surface area contributed by atoms with Gasteiger partial charge in [-0.1, -0.05) is 87.8 Å². The number of halogens is 2. The Morgan fingerprint density at radius 1 is 1.22 bits per heavy atom. The summed E-state index contributed by atoms with van der Waals surface area (Å²) in [7, 11) is 1.61. The molecule has 3 amide bonds. The minimum Gasteiger partial charge on any atom is -0.465 e. The Bertz CT molecular complexity index is 1580. The van der Waals surface area contributed by atoms with E-state index < -0.39 is 41.3 Å². The SMILES string of the molecule is CCCC(C(N)=S)N(C)C(=O)C1(NC(=O)[C@H](C(C)CC)N(Cc2ccccc2)C(=O)O)CCc2[nH]c3c(Cl)cc(F)cc3c2C1. The minimum atomic E-state index is -1.49. The Morgan fingerprint density at radius 2 is 1.91 bits per heavy atom. The summed E-state index contributed by atoms with van der Waals surface area (Å²) in [5, 5.41) is 14.1. The van der Waals surface area contributed by atoms with Crippen LogP contribution in [0.25, 0.3) is 10.9 Å². The molecule has 0 saturated heterocycles. The number of amides is 3. The van der Waals surface area contributed by atoms with E-state index >= 15 is 0 Å². The Balaban J connectivity index is 1.81. The van der Waals surface area contributed by atoms with Crippen molar-refractivity contribution in [1.29, 1.82) is 0 Å². The molecule has 0 spiro atoms. The van der Waals surface area contributed by atoms with Gasteiger partial charge in [-0.15, -0.1) is 0 Å². The Labute approximate surface area is 273 Å². The molecule has 242 valence electrons. The van der Waals surface area contributed by atoms with Gasteiger partial charge in [0.15, 0.2) is 0 Å². The molecular formula is C33H41ClFN5O4S. The lowest BCUT2D eigenvalue weighted by molar-refractivity contribution is -0.144. The number of carbonyl (C=O) groups is 3. The summed E-state index contributed by atoms with van der Waals surface area (Å²) >= 11 is 11.7. The maximum Gasteiger partial charge on any atom is 0.408 e. The van der Waals surface area contributed by atoms with Crippen molar-refractivity contribution in [3.8, 4) is 0 Å². The molecule has 3 aromatic rings. The monoisotopic (exact) mass is 657 g/mol. The number of thiocarbonyl (C=S) groups is 1. The maximum atomic E-state index is 14.6. The van der Waals surface area contributed by atoms with Gasteiger partial charge in [-0.05, 0) is 48.4 Å². The lowest BCUT2D eigenvalue weighted by Crippen LogP contribution is -2.66. The molecule has 2 aromatic carbocycles. The van der Waals surface area contributed by atoms with E-state index in [4.69, 9.17) is 29.6 Å². The lowest BCUT2D eigenvalue weighted by Gasteiger charge is -2.43. The fraction of sp³-hybridized carbons (Fsp3) is 0.455. The van der Waals surface area contributed by atoms with Gasteiger partial charge < -0.3 is 26.0 Å². The van der Waals surface area contributed by atoms with Crippen LogP contribution < -0.4 is 11.1 Å². The molecule has 0 fully saturated rings. The molecule has 4 atom stereocenters. The van der Waals surface area contributed by atoms with Crippen LogP contribution in [0.2, 0.25) is 5.02 Å². The van der Waals surface area contributed by atoms with Crippen LogP contribution in [0.5, 0.6) is 0 Å². The Morgan fingerprint density at radius 3 is 2.51 bits per heavy atom. The Hall–Kier alpha value is -3.70. The maximum absolute atomic E-state index is 14.6. The summed E-state index contributed by atoms with van der Waals surface area (Å²) in [5.41, 5.74) is 7.32. The number of aromatic nitrogens is 1. The number of nitrogens with zero attached hydrogens (tertiary/aromatic N) is 2. The molecule has 4 rings (SSSR count). The highest BCUT2D eigenvalue weighted by atomic mass is 35.5. The largest absolute Gasteiger partial charge is 0.465 e. The van der Waals surface area contributed by atoms with Crippen molar-refractivity contribution in [1.82, 2.24) is 20.1 Å². The zero-order valence-electron chi connectivity index (χ0n) is 26.0. The summed E-state index contributed by atoms with van der Waals surface area (Å²) in [6, 6.07) is 9.99. The van der Waals surface area contributed by atoms with Crippen LogP contribution >= 0.6 is 23.8 Å². The molecule has 45 heavy (non-hydrogen) atoms. The van der Waals surface area contributed by atoms with Crippen molar-refractivity contribution >= 4 is 57.6 Å². The second kappa shape index (κ2) is 14.2. The van der Waals surface area contributed by atoms with Crippen molar-refractivity contribution < 1.29 is 23.9 Å². The molecule has 0 aliphatic heterocycles. The van der Waals surface area contributed by atoms with Gasteiger partial charge in [-0.3, -0.25) is 14.5 Å². The zero-order chi connectivity index (χ0) is 33.1. The topological polar surface area (TPSA) is 132 Å². The zero-order valence-corrected chi connectivity index (χ0v) is 27.6. The Kier molecular flexibility index (Phi) is 10.8. The number of carbonyl (C=O) groups excluding carboxylic acids is 2. The average molecular weight is 658 g/mol. The number of aryl methyl sites for hydroxylation is 1. The standard InChI is InChI=1S/C33H41ClFN5O4S/c1-5-10-26(29(36)45)39(4)31(42)33(14-13-25-23(17-33)22-15-21(35)16-24(34)27(22)37-25)38-30(41)28(19(3)6-2)40(32(43)44)18-20-11-8-7-9-12-20/h7-9,11-12,15-16,19,26,28,37H,5-6,10,13-14,17-18H2,1-4H3,(H2,36,45)(H,38,41)(H,43,44)/t19?,26?,28-,33?/m0/s1. The molecule has 1 aliphatic carbocycles. The van der Waals surface area contributed by atoms with Gasteiger partial charge in [-0.25, -0.2) is 9.18 Å². The molecule has 0 saturated carbocycles. The molecule has 3 unspecified atom stereocenters. The van der Waals surface area contributed by atoms with Gasteiger partial charge in [0.25, 0.3) is 0 Å². The minimum absolute atomic E-state index is 0.0101. The molecule has 0 radical (unpaired) electrons. The second-order valence-corrected chi connectivity index (χ2v) is 12.9. The first kappa shape index (κ1) is 34.2. The first-order chi connectivity index (χ1) is 21.3. The van der Waals surface area contributed by atoms with Crippen LogP contribution in [0.4, 0.5) is 9.18 Å². The number of rotatable bonds is 12. The lowest BCUT2D eigenvalue weighted by atomic mass is 9.77. The van der Waals surface area contributed by atoms with Crippen LogP contribution in [0, 0.1) is 11.7 Å². The van der Waals surface area contributed by atoms with Crippen LogP contribution in [-0.4, -0.2) is 67.5 Å². The van der Waals surface area contributed by atoms with Crippen molar-refractivity contribution in [3.63, 3.8) is 0 Å². The molecule has 1 aromatic heterocycles. The van der Waals surface area contributed by atoms with Crippen molar-refractivity contribution in [2.45, 2.75) is 83.5 Å². The van der Waals surface area contributed by atoms with Gasteiger partial charge >= 0.3 is 6.09 Å². The number of hydrogen-bond donors (Lipinski definition) is 4. The molecular weight excluding hydrogens is 617 g/mol. The summed E-state index contributed by atoms with van der Waals surface area (Å²) in [6.07, 6.45) is 1.10. The number of nitrogens with one attached hydrogen (secondary N) is 2. The highest BCUT2D eigenvalue weighted by Crippen LogP contribution is 2.38. The first-order valence-electron chi connectivity index (χ1n) is 15.2. The molecule has 9 nitrogen and oxygen atoms in total. The van der Waals surface area contributed by atoms with Crippen LogP contribution in [0.1, 0.15) is 63.3 Å². The van der Waals surface area contributed by atoms with Crippen LogP contribution in [0.15, 0.2) is 42.5 Å². The third-order valence-electron chi connectivity index (χ3n) is 8.98. The number of carboxylic acid groups (broad SMARTS) is 1. The van der Waals surface area contributed by atoms with E-state index in [1.54, 1.807) is 19.2 Å². The highest BCUT2D eigenvalue weighted by molar-refractivity contribution is 7.80. The normalized spacial score (nSPS) is 18.0. The van der Waals surface area contributed by atoms with Crippen molar-refractivity contribution in [3.05, 3.63) is 70.1 Å². The summed E-state index contributed by atoms with van der Waals surface area (Å²) in [5.74, 6) is -1.89. The summed E-state index contributed by atoms with van der Waals surface area (Å²) in [6.45, 7) is 5.66. The van der Waals surface area contributed by atoms with E-state index in [2.05, 4.69) is 10.3 Å². The number of aromatic amines is 1.